The van der Waals surface area contributed by atoms with E-state index in [1.165, 1.54) is 6.92 Å². The number of hydrogen-bond acceptors (Lipinski definition) is 10. The predicted octanol–water partition coefficient (Wildman–Crippen LogP) is -4.37. The molecule has 0 radical (unpaired) electrons. The summed E-state index contributed by atoms with van der Waals surface area (Å²) in [4.78, 5) is 0. The predicted molar refractivity (Wildman–Crippen MR) is 67.2 cm³/mol. The number of rotatable bonds is 3. The minimum Gasteiger partial charge on any atom is -0.394 e. The van der Waals surface area contributed by atoms with Gasteiger partial charge in [-0.2, -0.15) is 0 Å². The Bertz CT molecular complexity index is 366. The minimum absolute atomic E-state index is 0.620. The van der Waals surface area contributed by atoms with E-state index in [1.807, 2.05) is 0 Å². The largest absolute Gasteiger partial charge is 0.394 e. The molecule has 0 bridgehead atoms. The van der Waals surface area contributed by atoms with Gasteiger partial charge in [0.1, 0.15) is 42.7 Å². The molecule has 130 valence electrons. The summed E-state index contributed by atoms with van der Waals surface area (Å²) < 4.78 is 15.5. The van der Waals surface area contributed by atoms with Crippen molar-refractivity contribution >= 4 is 0 Å². The second-order valence-corrected chi connectivity index (χ2v) is 5.51. The Kier molecular flexibility index (Phi) is 5.72. The number of hydrogen-bond donors (Lipinski definition) is 7. The Morgan fingerprint density at radius 3 is 2.05 bits per heavy atom. The first-order chi connectivity index (χ1) is 10.3. The van der Waals surface area contributed by atoms with Crippen molar-refractivity contribution < 1.29 is 50.0 Å². The van der Waals surface area contributed by atoms with E-state index in [1.54, 1.807) is 0 Å². The summed E-state index contributed by atoms with van der Waals surface area (Å²) in [5, 5.41) is 67.2. The SMILES string of the molecule is C[C@@H]1O[C@H](O)[C@@H](O)[C@H](O)[C@@H]1O[C@@H]1O[C@H](CO)[C@H](O)[C@H](O)[C@H]1O. The second-order valence-electron chi connectivity index (χ2n) is 5.51. The first-order valence-corrected chi connectivity index (χ1v) is 6.93. The van der Waals surface area contributed by atoms with Crippen molar-refractivity contribution in [3.8, 4) is 0 Å². The maximum Gasteiger partial charge on any atom is 0.187 e. The van der Waals surface area contributed by atoms with Crippen molar-refractivity contribution in [1.82, 2.24) is 0 Å². The maximum absolute atomic E-state index is 9.92. The third-order valence-electron chi connectivity index (χ3n) is 3.94. The van der Waals surface area contributed by atoms with Gasteiger partial charge in [-0.25, -0.2) is 0 Å². The van der Waals surface area contributed by atoms with E-state index in [4.69, 9.17) is 19.3 Å². The first kappa shape index (κ1) is 17.9. The van der Waals surface area contributed by atoms with Crippen molar-refractivity contribution in [2.24, 2.45) is 0 Å². The topological polar surface area (TPSA) is 169 Å². The van der Waals surface area contributed by atoms with Crippen molar-refractivity contribution in [1.29, 1.82) is 0 Å². The Hall–Kier alpha value is -0.400. The van der Waals surface area contributed by atoms with Gasteiger partial charge in [-0.15, -0.1) is 0 Å². The average molecular weight is 326 g/mol. The fourth-order valence-electron chi connectivity index (χ4n) is 2.54. The van der Waals surface area contributed by atoms with Gasteiger partial charge >= 0.3 is 0 Å². The van der Waals surface area contributed by atoms with E-state index < -0.39 is 68.0 Å². The van der Waals surface area contributed by atoms with Crippen LogP contribution < -0.4 is 0 Å². The fraction of sp³-hybridized carbons (Fsp3) is 1.00. The van der Waals surface area contributed by atoms with Crippen LogP contribution in [0.5, 0.6) is 0 Å². The molecular formula is C12H22O10. The summed E-state index contributed by atoms with van der Waals surface area (Å²) in [7, 11) is 0. The van der Waals surface area contributed by atoms with E-state index in [0.717, 1.165) is 0 Å². The van der Waals surface area contributed by atoms with Crippen molar-refractivity contribution in [3.05, 3.63) is 0 Å². The van der Waals surface area contributed by atoms with Gasteiger partial charge in [-0.1, -0.05) is 0 Å². The quantitative estimate of drug-likeness (QED) is 0.269. The first-order valence-electron chi connectivity index (χ1n) is 6.93. The van der Waals surface area contributed by atoms with Gasteiger partial charge in [0.2, 0.25) is 0 Å². The summed E-state index contributed by atoms with van der Waals surface area (Å²) in [6.45, 7) is 0.846. The molecular weight excluding hydrogens is 304 g/mol. The van der Waals surface area contributed by atoms with Gasteiger partial charge < -0.3 is 50.0 Å². The van der Waals surface area contributed by atoms with E-state index >= 15 is 0 Å². The van der Waals surface area contributed by atoms with Crippen molar-refractivity contribution in [2.75, 3.05) is 6.61 Å². The van der Waals surface area contributed by atoms with Crippen LogP contribution in [0.25, 0.3) is 0 Å². The molecule has 2 heterocycles. The van der Waals surface area contributed by atoms with Crippen LogP contribution in [0.1, 0.15) is 6.92 Å². The smallest absolute Gasteiger partial charge is 0.187 e. The molecule has 2 aliphatic heterocycles. The van der Waals surface area contributed by atoms with Crippen LogP contribution in [0.4, 0.5) is 0 Å². The Morgan fingerprint density at radius 2 is 1.45 bits per heavy atom. The van der Waals surface area contributed by atoms with Crippen LogP contribution in [-0.4, -0.2) is 104 Å². The lowest BCUT2D eigenvalue weighted by Gasteiger charge is -2.44. The third-order valence-corrected chi connectivity index (χ3v) is 3.94. The second kappa shape index (κ2) is 7.01. The molecule has 2 aliphatic rings. The molecule has 2 rings (SSSR count). The third kappa shape index (κ3) is 3.26. The molecule has 10 atom stereocenters. The van der Waals surface area contributed by atoms with Crippen LogP contribution in [0.2, 0.25) is 0 Å². The van der Waals surface area contributed by atoms with E-state index in [9.17, 15) is 30.6 Å². The molecule has 0 aliphatic carbocycles. The van der Waals surface area contributed by atoms with Crippen molar-refractivity contribution in [3.63, 3.8) is 0 Å². The molecule has 0 spiro atoms. The lowest BCUT2D eigenvalue weighted by atomic mass is 9.97. The molecule has 0 aromatic carbocycles. The molecule has 2 fully saturated rings. The maximum atomic E-state index is 9.92. The molecule has 0 aromatic heterocycles. The van der Waals surface area contributed by atoms with Gasteiger partial charge in [0.15, 0.2) is 12.6 Å². The molecule has 0 aromatic rings. The fourth-order valence-corrected chi connectivity index (χ4v) is 2.54. The number of aliphatic hydroxyl groups excluding tert-OH is 7. The lowest BCUT2D eigenvalue weighted by Crippen LogP contribution is -2.63. The average Bonchev–Trinajstić information content (AvgIpc) is 2.49. The minimum atomic E-state index is -1.64. The van der Waals surface area contributed by atoms with Crippen molar-refractivity contribution in [2.45, 2.75) is 68.3 Å². The number of ether oxygens (including phenoxy) is 3. The van der Waals surface area contributed by atoms with E-state index in [2.05, 4.69) is 0 Å². The molecule has 10 heteroatoms. The highest BCUT2D eigenvalue weighted by molar-refractivity contribution is 4.92. The van der Waals surface area contributed by atoms with Crippen LogP contribution >= 0.6 is 0 Å². The molecule has 7 N–H and O–H groups in total. The summed E-state index contributed by atoms with van der Waals surface area (Å²) in [5.74, 6) is 0. The van der Waals surface area contributed by atoms with E-state index in [0.29, 0.717) is 0 Å². The van der Waals surface area contributed by atoms with Gasteiger partial charge in [-0.05, 0) is 6.92 Å². The zero-order valence-corrected chi connectivity index (χ0v) is 11.8. The highest BCUT2D eigenvalue weighted by Gasteiger charge is 2.49. The Morgan fingerprint density at radius 1 is 0.818 bits per heavy atom. The summed E-state index contributed by atoms with van der Waals surface area (Å²) in [5.41, 5.74) is 0. The number of aliphatic hydroxyl groups is 7. The summed E-state index contributed by atoms with van der Waals surface area (Å²) in [6.07, 6.45) is -14.2. The molecule has 2 saturated heterocycles. The monoisotopic (exact) mass is 326 g/mol. The lowest BCUT2D eigenvalue weighted by molar-refractivity contribution is -0.351. The Labute approximate surface area is 126 Å². The molecule has 22 heavy (non-hydrogen) atoms. The van der Waals surface area contributed by atoms with E-state index in [-0.39, 0.29) is 0 Å². The van der Waals surface area contributed by atoms with Crippen LogP contribution in [0.3, 0.4) is 0 Å². The molecule has 0 saturated carbocycles. The summed E-state index contributed by atoms with van der Waals surface area (Å²) in [6, 6.07) is 0. The van der Waals surface area contributed by atoms with Gasteiger partial charge in [0.05, 0.1) is 12.7 Å². The van der Waals surface area contributed by atoms with Gasteiger partial charge in [0.25, 0.3) is 0 Å². The normalized spacial score (nSPS) is 53.5. The molecule has 0 unspecified atom stereocenters. The van der Waals surface area contributed by atoms with Gasteiger partial charge in [0, 0.05) is 0 Å². The van der Waals surface area contributed by atoms with Crippen LogP contribution in [-0.2, 0) is 14.2 Å². The molecule has 10 nitrogen and oxygen atoms in total. The zero-order chi connectivity index (χ0) is 16.6. The summed E-state index contributed by atoms with van der Waals surface area (Å²) >= 11 is 0. The molecule has 0 amide bonds. The van der Waals surface area contributed by atoms with Gasteiger partial charge in [-0.3, -0.25) is 0 Å². The zero-order valence-electron chi connectivity index (χ0n) is 11.8. The van der Waals surface area contributed by atoms with Crippen LogP contribution in [0.15, 0.2) is 0 Å². The highest BCUT2D eigenvalue weighted by atomic mass is 16.7. The standard InChI is InChI=1S/C12H22O10/c1-3-10(7(16)8(17)11(19)20-3)22-12-9(18)6(15)5(14)4(2-13)21-12/h3-19H,2H2,1H3/t3-,4+,5-,6-,7-,8-,9+,10+,11-,12-/m0/s1. The van der Waals surface area contributed by atoms with Crippen LogP contribution in [0, 0.1) is 0 Å². The Balaban J connectivity index is 2.08. The highest BCUT2D eigenvalue weighted by Crippen LogP contribution is 2.28.